The second-order valence-electron chi connectivity index (χ2n) is 3.88. The van der Waals surface area contributed by atoms with Crippen molar-refractivity contribution in [1.29, 1.82) is 0 Å². The van der Waals surface area contributed by atoms with Gasteiger partial charge in [-0.3, -0.25) is 9.59 Å². The molecule has 0 aromatic carbocycles. The Morgan fingerprint density at radius 3 is 3.00 bits per heavy atom. The lowest BCUT2D eigenvalue weighted by atomic mass is 10.1. The normalized spacial score (nSPS) is 21.6. The Labute approximate surface area is 99.9 Å². The van der Waals surface area contributed by atoms with Gasteiger partial charge in [-0.05, 0) is 6.42 Å². The van der Waals surface area contributed by atoms with Gasteiger partial charge in [0.05, 0.1) is 0 Å². The fraction of sp³-hybridized carbons (Fsp3) is 0.800. The van der Waals surface area contributed by atoms with Gasteiger partial charge in [0.25, 0.3) is 5.24 Å². The first kappa shape index (κ1) is 13.3. The van der Waals surface area contributed by atoms with Crippen LogP contribution in [-0.2, 0) is 4.79 Å². The van der Waals surface area contributed by atoms with Crippen molar-refractivity contribution in [3.8, 4) is 0 Å². The van der Waals surface area contributed by atoms with E-state index >= 15 is 0 Å². The van der Waals surface area contributed by atoms with Gasteiger partial charge in [-0.25, -0.2) is 0 Å². The number of hydrogen-bond donors (Lipinski definition) is 3. The Morgan fingerprint density at radius 1 is 1.75 bits per heavy atom. The third-order valence-electron chi connectivity index (χ3n) is 2.53. The molecule has 0 aromatic heterocycles. The third kappa shape index (κ3) is 4.02. The van der Waals surface area contributed by atoms with Crippen LogP contribution < -0.4 is 16.4 Å². The summed E-state index contributed by atoms with van der Waals surface area (Å²) in [5.41, 5.74) is 5.58. The van der Waals surface area contributed by atoms with E-state index in [0.717, 1.165) is 31.0 Å². The van der Waals surface area contributed by atoms with Crippen LogP contribution >= 0.6 is 11.8 Å². The summed E-state index contributed by atoms with van der Waals surface area (Å²) in [6, 6.07) is -0.372. The van der Waals surface area contributed by atoms with Gasteiger partial charge in [0.15, 0.2) is 0 Å². The Hall–Kier alpha value is -0.750. The molecule has 2 amide bonds. The standard InChI is InChI=1S/C10H19N3O2S/c1-2-3-4-7(5-11)12-9(14)8-6-16-10(15)13-8/h7-8H,2-6,11H2,1H3,(H,12,14)(H,13,15)/t7?,8-/m0/s1. The van der Waals surface area contributed by atoms with Crippen LogP contribution in [0.5, 0.6) is 0 Å². The van der Waals surface area contributed by atoms with Gasteiger partial charge in [0.1, 0.15) is 6.04 Å². The number of rotatable bonds is 6. The molecule has 1 unspecified atom stereocenters. The molecule has 2 atom stereocenters. The van der Waals surface area contributed by atoms with Crippen molar-refractivity contribution < 1.29 is 9.59 Å². The van der Waals surface area contributed by atoms with Gasteiger partial charge in [0.2, 0.25) is 5.91 Å². The topological polar surface area (TPSA) is 84.2 Å². The number of amides is 2. The first-order valence-electron chi connectivity index (χ1n) is 5.61. The fourth-order valence-corrected chi connectivity index (χ4v) is 2.31. The first-order valence-corrected chi connectivity index (χ1v) is 6.59. The van der Waals surface area contributed by atoms with Crippen LogP contribution in [-0.4, -0.2) is 35.5 Å². The summed E-state index contributed by atoms with van der Waals surface area (Å²) in [5.74, 6) is 0.389. The molecule has 0 spiro atoms. The molecule has 16 heavy (non-hydrogen) atoms. The smallest absolute Gasteiger partial charge is 0.279 e. The number of hydrogen-bond acceptors (Lipinski definition) is 4. The Bertz CT molecular complexity index is 260. The zero-order valence-electron chi connectivity index (χ0n) is 9.49. The molecular weight excluding hydrogens is 226 g/mol. The molecule has 0 aromatic rings. The third-order valence-corrected chi connectivity index (χ3v) is 3.41. The number of carbonyl (C=O) groups is 2. The predicted molar refractivity (Wildman–Crippen MR) is 65.3 cm³/mol. The Kier molecular flexibility index (Phi) is 5.62. The number of nitrogens with one attached hydrogen (secondary N) is 2. The van der Waals surface area contributed by atoms with Crippen molar-refractivity contribution >= 4 is 22.9 Å². The molecule has 1 rings (SSSR count). The van der Waals surface area contributed by atoms with Gasteiger partial charge >= 0.3 is 0 Å². The monoisotopic (exact) mass is 245 g/mol. The van der Waals surface area contributed by atoms with Gasteiger partial charge < -0.3 is 16.4 Å². The fourth-order valence-electron chi connectivity index (χ4n) is 1.53. The SMILES string of the molecule is CCCCC(CN)NC(=O)[C@@H]1CSC(=O)N1. The van der Waals surface area contributed by atoms with Crippen LogP contribution in [0.15, 0.2) is 0 Å². The minimum absolute atomic E-state index is 0.0231. The van der Waals surface area contributed by atoms with E-state index in [1.165, 1.54) is 0 Å². The first-order chi connectivity index (χ1) is 7.67. The summed E-state index contributed by atoms with van der Waals surface area (Å²) >= 11 is 1.14. The Morgan fingerprint density at radius 2 is 2.50 bits per heavy atom. The van der Waals surface area contributed by atoms with Gasteiger partial charge in [-0.1, -0.05) is 31.5 Å². The van der Waals surface area contributed by atoms with Gasteiger partial charge in [-0.15, -0.1) is 0 Å². The highest BCUT2D eigenvalue weighted by molar-refractivity contribution is 8.14. The molecule has 0 aliphatic carbocycles. The summed E-state index contributed by atoms with van der Waals surface area (Å²) < 4.78 is 0. The Balaban J connectivity index is 2.33. The highest BCUT2D eigenvalue weighted by atomic mass is 32.2. The zero-order valence-corrected chi connectivity index (χ0v) is 10.3. The number of nitrogens with two attached hydrogens (primary N) is 1. The second kappa shape index (κ2) is 6.75. The van der Waals surface area contributed by atoms with E-state index in [1.54, 1.807) is 0 Å². The van der Waals surface area contributed by atoms with Crippen LogP contribution in [0.25, 0.3) is 0 Å². The van der Waals surface area contributed by atoms with E-state index < -0.39 is 6.04 Å². The predicted octanol–water partition coefficient (Wildman–Crippen LogP) is 0.445. The average Bonchev–Trinajstić information content (AvgIpc) is 2.70. The van der Waals surface area contributed by atoms with Crippen molar-refractivity contribution in [2.24, 2.45) is 5.73 Å². The maximum absolute atomic E-state index is 11.7. The molecular formula is C10H19N3O2S. The number of carbonyl (C=O) groups excluding carboxylic acids is 2. The summed E-state index contributed by atoms with van der Waals surface area (Å²) in [6.07, 6.45) is 3.03. The van der Waals surface area contributed by atoms with Crippen molar-refractivity contribution in [2.45, 2.75) is 38.3 Å². The van der Waals surface area contributed by atoms with Crippen LogP contribution in [0.1, 0.15) is 26.2 Å². The molecule has 1 fully saturated rings. The summed E-state index contributed by atoms with van der Waals surface area (Å²) in [4.78, 5) is 22.7. The molecule has 92 valence electrons. The molecule has 0 saturated carbocycles. The highest BCUT2D eigenvalue weighted by Gasteiger charge is 2.28. The van der Waals surface area contributed by atoms with Gasteiger partial charge in [-0.2, -0.15) is 0 Å². The van der Waals surface area contributed by atoms with E-state index in [-0.39, 0.29) is 17.2 Å². The molecule has 1 saturated heterocycles. The second-order valence-corrected chi connectivity index (χ2v) is 4.87. The molecule has 6 heteroatoms. The highest BCUT2D eigenvalue weighted by Crippen LogP contribution is 2.13. The summed E-state index contributed by atoms with van der Waals surface area (Å²) in [5, 5.41) is 5.36. The lowest BCUT2D eigenvalue weighted by Gasteiger charge is -2.18. The van der Waals surface area contributed by atoms with Crippen LogP contribution in [0, 0.1) is 0 Å². The maximum atomic E-state index is 11.7. The van der Waals surface area contributed by atoms with Crippen molar-refractivity contribution in [3.05, 3.63) is 0 Å². The van der Waals surface area contributed by atoms with Crippen LogP contribution in [0.2, 0.25) is 0 Å². The number of thioether (sulfide) groups is 1. The van der Waals surface area contributed by atoms with E-state index in [0.29, 0.717) is 12.3 Å². The average molecular weight is 245 g/mol. The van der Waals surface area contributed by atoms with Crippen molar-refractivity contribution in [2.75, 3.05) is 12.3 Å². The van der Waals surface area contributed by atoms with E-state index in [9.17, 15) is 9.59 Å². The van der Waals surface area contributed by atoms with E-state index in [1.807, 2.05) is 0 Å². The minimum Gasteiger partial charge on any atom is -0.350 e. The minimum atomic E-state index is -0.395. The van der Waals surface area contributed by atoms with E-state index in [2.05, 4.69) is 17.6 Å². The lowest BCUT2D eigenvalue weighted by molar-refractivity contribution is -0.123. The molecule has 0 bridgehead atoms. The molecule has 0 radical (unpaired) electrons. The van der Waals surface area contributed by atoms with E-state index in [4.69, 9.17) is 5.73 Å². The maximum Gasteiger partial charge on any atom is 0.279 e. The zero-order chi connectivity index (χ0) is 12.0. The molecule has 1 aliphatic heterocycles. The molecule has 4 N–H and O–H groups in total. The molecule has 5 nitrogen and oxygen atoms in total. The number of unbranched alkanes of at least 4 members (excludes halogenated alkanes) is 1. The largest absolute Gasteiger partial charge is 0.350 e. The quantitative estimate of drug-likeness (QED) is 0.634. The van der Waals surface area contributed by atoms with Crippen LogP contribution in [0.3, 0.4) is 0 Å². The summed E-state index contributed by atoms with van der Waals surface area (Å²) in [6.45, 7) is 2.54. The summed E-state index contributed by atoms with van der Waals surface area (Å²) in [7, 11) is 0. The van der Waals surface area contributed by atoms with Crippen LogP contribution in [0.4, 0.5) is 4.79 Å². The van der Waals surface area contributed by atoms with Crippen molar-refractivity contribution in [1.82, 2.24) is 10.6 Å². The molecule has 1 aliphatic rings. The van der Waals surface area contributed by atoms with Crippen molar-refractivity contribution in [3.63, 3.8) is 0 Å². The molecule has 1 heterocycles. The van der Waals surface area contributed by atoms with Gasteiger partial charge in [0, 0.05) is 18.3 Å². The lowest BCUT2D eigenvalue weighted by Crippen LogP contribution is -2.49.